The number of halogens is 4. The summed E-state index contributed by atoms with van der Waals surface area (Å²) < 4.78 is 50.1. The molecule has 0 aromatic heterocycles. The normalized spacial score (nSPS) is 11.9. The fourth-order valence-corrected chi connectivity index (χ4v) is 1.38. The molecule has 1 nitrogen and oxygen atoms in total. The molecule has 0 aliphatic rings. The van der Waals surface area contributed by atoms with Gasteiger partial charge in [0, 0.05) is 6.54 Å². The Labute approximate surface area is 78.5 Å². The standard InChI is InChI=1S/C9H9F4N/c1-5-2-7(10)3-6(4-14)8(5)9(11,12)13/h2-3H,4,14H2,1H3. The van der Waals surface area contributed by atoms with Crippen LogP contribution in [-0.4, -0.2) is 0 Å². The molecule has 1 aromatic rings. The minimum absolute atomic E-state index is 0.141. The van der Waals surface area contributed by atoms with Crippen molar-refractivity contribution >= 4 is 0 Å². The largest absolute Gasteiger partial charge is 0.416 e. The predicted octanol–water partition coefficient (Wildman–Crippen LogP) is 2.61. The zero-order chi connectivity index (χ0) is 10.9. The van der Waals surface area contributed by atoms with Crippen LogP contribution in [0.1, 0.15) is 16.7 Å². The van der Waals surface area contributed by atoms with E-state index in [1.54, 1.807) is 0 Å². The van der Waals surface area contributed by atoms with E-state index in [4.69, 9.17) is 5.73 Å². The Morgan fingerprint density at radius 3 is 2.29 bits per heavy atom. The Morgan fingerprint density at radius 2 is 1.86 bits per heavy atom. The van der Waals surface area contributed by atoms with E-state index in [2.05, 4.69) is 0 Å². The molecule has 2 N–H and O–H groups in total. The Kier molecular flexibility index (Phi) is 2.80. The van der Waals surface area contributed by atoms with Gasteiger partial charge in [-0.3, -0.25) is 0 Å². The fourth-order valence-electron chi connectivity index (χ4n) is 1.38. The molecule has 0 heterocycles. The van der Waals surface area contributed by atoms with E-state index < -0.39 is 17.6 Å². The first-order valence-corrected chi connectivity index (χ1v) is 3.92. The van der Waals surface area contributed by atoms with E-state index in [0.29, 0.717) is 0 Å². The maximum Gasteiger partial charge on any atom is 0.416 e. The highest BCUT2D eigenvalue weighted by Gasteiger charge is 2.34. The van der Waals surface area contributed by atoms with Crippen molar-refractivity contribution in [1.29, 1.82) is 0 Å². The maximum atomic E-state index is 12.8. The summed E-state index contributed by atoms with van der Waals surface area (Å²) in [5.74, 6) is -0.698. The lowest BCUT2D eigenvalue weighted by atomic mass is 10.0. The summed E-state index contributed by atoms with van der Waals surface area (Å²) in [6, 6.07) is 1.66. The molecule has 0 aliphatic carbocycles. The fraction of sp³-hybridized carbons (Fsp3) is 0.333. The van der Waals surface area contributed by atoms with Crippen LogP contribution in [0.5, 0.6) is 0 Å². The van der Waals surface area contributed by atoms with Gasteiger partial charge in [-0.15, -0.1) is 0 Å². The van der Waals surface area contributed by atoms with Gasteiger partial charge < -0.3 is 5.73 Å². The molecular weight excluding hydrogens is 198 g/mol. The smallest absolute Gasteiger partial charge is 0.326 e. The number of rotatable bonds is 1. The number of alkyl halides is 3. The van der Waals surface area contributed by atoms with Crippen LogP contribution in [0.3, 0.4) is 0 Å². The van der Waals surface area contributed by atoms with Crippen molar-refractivity contribution in [3.8, 4) is 0 Å². The highest BCUT2D eigenvalue weighted by atomic mass is 19.4. The van der Waals surface area contributed by atoms with Crippen LogP contribution in [0.15, 0.2) is 12.1 Å². The van der Waals surface area contributed by atoms with Crippen LogP contribution in [0.25, 0.3) is 0 Å². The SMILES string of the molecule is Cc1cc(F)cc(CN)c1C(F)(F)F. The number of hydrogen-bond donors (Lipinski definition) is 1. The Balaban J connectivity index is 3.40. The molecule has 0 spiro atoms. The number of aryl methyl sites for hydroxylation is 1. The van der Waals surface area contributed by atoms with Gasteiger partial charge in [0.15, 0.2) is 0 Å². The van der Waals surface area contributed by atoms with Crippen LogP contribution < -0.4 is 5.73 Å². The second kappa shape index (κ2) is 3.57. The molecule has 78 valence electrons. The summed E-state index contributed by atoms with van der Waals surface area (Å²) in [5, 5.41) is 0. The maximum absolute atomic E-state index is 12.8. The topological polar surface area (TPSA) is 26.0 Å². The lowest BCUT2D eigenvalue weighted by Gasteiger charge is -2.14. The van der Waals surface area contributed by atoms with E-state index >= 15 is 0 Å². The summed E-state index contributed by atoms with van der Waals surface area (Å²) in [6.45, 7) is 0.887. The first kappa shape index (κ1) is 11.0. The van der Waals surface area contributed by atoms with Gasteiger partial charge in [-0.1, -0.05) is 0 Å². The molecule has 0 saturated carbocycles. The lowest BCUT2D eigenvalue weighted by molar-refractivity contribution is -0.138. The Hall–Kier alpha value is -1.10. The van der Waals surface area contributed by atoms with Gasteiger partial charge in [-0.2, -0.15) is 13.2 Å². The molecule has 1 aromatic carbocycles. The highest BCUT2D eigenvalue weighted by Crippen LogP contribution is 2.34. The second-order valence-electron chi connectivity index (χ2n) is 2.96. The van der Waals surface area contributed by atoms with Crippen molar-refractivity contribution in [3.05, 3.63) is 34.6 Å². The quantitative estimate of drug-likeness (QED) is 0.704. The molecule has 0 aliphatic heterocycles. The van der Waals surface area contributed by atoms with Crippen molar-refractivity contribution in [1.82, 2.24) is 0 Å². The number of benzene rings is 1. The van der Waals surface area contributed by atoms with Gasteiger partial charge in [0.05, 0.1) is 5.56 Å². The summed E-state index contributed by atoms with van der Waals surface area (Å²) in [7, 11) is 0. The average molecular weight is 207 g/mol. The van der Waals surface area contributed by atoms with Gasteiger partial charge in [-0.05, 0) is 30.2 Å². The third-order valence-electron chi connectivity index (χ3n) is 1.89. The van der Waals surface area contributed by atoms with Gasteiger partial charge in [0.1, 0.15) is 5.82 Å². The van der Waals surface area contributed by atoms with Crippen molar-refractivity contribution in [3.63, 3.8) is 0 Å². The number of hydrogen-bond acceptors (Lipinski definition) is 1. The minimum atomic E-state index is -4.48. The Bertz CT molecular complexity index is 343. The molecule has 0 fully saturated rings. The van der Waals surface area contributed by atoms with Gasteiger partial charge in [0.25, 0.3) is 0 Å². The predicted molar refractivity (Wildman–Crippen MR) is 44.0 cm³/mol. The monoisotopic (exact) mass is 207 g/mol. The van der Waals surface area contributed by atoms with E-state index in [0.717, 1.165) is 12.1 Å². The van der Waals surface area contributed by atoms with Gasteiger partial charge in [-0.25, -0.2) is 4.39 Å². The molecule has 0 amide bonds. The Morgan fingerprint density at radius 1 is 1.29 bits per heavy atom. The first-order valence-electron chi connectivity index (χ1n) is 3.92. The third-order valence-corrected chi connectivity index (χ3v) is 1.89. The zero-order valence-electron chi connectivity index (χ0n) is 7.45. The van der Waals surface area contributed by atoms with E-state index in [-0.39, 0.29) is 17.7 Å². The average Bonchev–Trinajstić information content (AvgIpc) is 1.99. The van der Waals surface area contributed by atoms with Crippen molar-refractivity contribution < 1.29 is 17.6 Å². The van der Waals surface area contributed by atoms with Crippen LogP contribution in [0.2, 0.25) is 0 Å². The van der Waals surface area contributed by atoms with Crippen LogP contribution in [0.4, 0.5) is 17.6 Å². The molecule has 0 bridgehead atoms. The molecule has 1 rings (SSSR count). The number of nitrogens with two attached hydrogens (primary N) is 1. The molecule has 0 radical (unpaired) electrons. The van der Waals surface area contributed by atoms with Gasteiger partial charge >= 0.3 is 6.18 Å². The van der Waals surface area contributed by atoms with Crippen LogP contribution in [-0.2, 0) is 12.7 Å². The minimum Gasteiger partial charge on any atom is -0.326 e. The first-order chi connectivity index (χ1) is 6.36. The molecule has 0 atom stereocenters. The second-order valence-corrected chi connectivity index (χ2v) is 2.96. The van der Waals surface area contributed by atoms with E-state index in [1.165, 1.54) is 6.92 Å². The highest BCUT2D eigenvalue weighted by molar-refractivity contribution is 5.37. The molecule has 0 unspecified atom stereocenters. The molecule has 14 heavy (non-hydrogen) atoms. The van der Waals surface area contributed by atoms with Crippen molar-refractivity contribution in [2.24, 2.45) is 5.73 Å². The van der Waals surface area contributed by atoms with E-state index in [9.17, 15) is 17.6 Å². The van der Waals surface area contributed by atoms with Crippen LogP contribution >= 0.6 is 0 Å². The molecule has 0 saturated heterocycles. The van der Waals surface area contributed by atoms with Crippen LogP contribution in [0, 0.1) is 12.7 Å². The third kappa shape index (κ3) is 2.04. The van der Waals surface area contributed by atoms with Gasteiger partial charge in [0.2, 0.25) is 0 Å². The summed E-state index contributed by atoms with van der Waals surface area (Å²) in [6.07, 6.45) is -4.48. The zero-order valence-corrected chi connectivity index (χ0v) is 7.45. The summed E-state index contributed by atoms with van der Waals surface area (Å²) in [4.78, 5) is 0. The summed E-state index contributed by atoms with van der Waals surface area (Å²) in [5.41, 5.74) is 3.93. The van der Waals surface area contributed by atoms with Crippen molar-refractivity contribution in [2.45, 2.75) is 19.6 Å². The summed E-state index contributed by atoms with van der Waals surface area (Å²) >= 11 is 0. The van der Waals surface area contributed by atoms with Crippen molar-refractivity contribution in [2.75, 3.05) is 0 Å². The molecular formula is C9H9F4N. The lowest BCUT2D eigenvalue weighted by Crippen LogP contribution is -2.14. The van der Waals surface area contributed by atoms with E-state index in [1.807, 2.05) is 0 Å². The molecule has 5 heteroatoms.